The molecule has 0 fully saturated rings. The molecule has 1 aromatic carbocycles. The zero-order valence-corrected chi connectivity index (χ0v) is 8.11. The van der Waals surface area contributed by atoms with Crippen LogP contribution in [0.4, 0.5) is 0 Å². The molecule has 0 saturated heterocycles. The van der Waals surface area contributed by atoms with Crippen LogP contribution in [0.1, 0.15) is 0 Å². The maximum absolute atomic E-state index is 8.99. The predicted molar refractivity (Wildman–Crippen MR) is 54.3 cm³/mol. The molecule has 1 aromatic heterocycles. The minimum absolute atomic E-state index is 0.0856. The van der Waals surface area contributed by atoms with E-state index in [1.165, 1.54) is 24.2 Å². The lowest BCUT2D eigenvalue weighted by Gasteiger charge is -1.98. The summed E-state index contributed by atoms with van der Waals surface area (Å²) in [4.78, 5) is 9.03. The lowest BCUT2D eigenvalue weighted by Crippen LogP contribution is -1.83. The summed E-state index contributed by atoms with van der Waals surface area (Å²) in [5, 5.41) is 9.62. The van der Waals surface area contributed by atoms with Gasteiger partial charge in [-0.25, -0.2) is 9.97 Å². The molecule has 0 atom stereocenters. The largest absolute Gasteiger partial charge is 0.505 e. The van der Waals surface area contributed by atoms with Gasteiger partial charge >= 0.3 is 0 Å². The van der Waals surface area contributed by atoms with E-state index >= 15 is 0 Å². The first-order valence-electron chi connectivity index (χ1n) is 4.08. The van der Waals surface area contributed by atoms with Gasteiger partial charge in [0.05, 0.1) is 12.4 Å². The van der Waals surface area contributed by atoms with Crippen molar-refractivity contribution in [1.82, 2.24) is 9.97 Å². The SMILES string of the molecule is Oc1cnc(Sc2ccccc2)nc1. The summed E-state index contributed by atoms with van der Waals surface area (Å²) < 4.78 is 0. The third-order valence-electron chi connectivity index (χ3n) is 1.57. The van der Waals surface area contributed by atoms with Crippen LogP contribution in [0, 0.1) is 0 Å². The monoisotopic (exact) mass is 204 g/mol. The number of rotatable bonds is 2. The van der Waals surface area contributed by atoms with Crippen LogP contribution >= 0.6 is 11.8 Å². The van der Waals surface area contributed by atoms with Crippen LogP contribution in [0.15, 0.2) is 52.8 Å². The lowest BCUT2D eigenvalue weighted by molar-refractivity contribution is 0.467. The van der Waals surface area contributed by atoms with Gasteiger partial charge in [0.25, 0.3) is 0 Å². The van der Waals surface area contributed by atoms with Crippen molar-refractivity contribution in [3.63, 3.8) is 0 Å². The Bertz CT molecular complexity index is 402. The van der Waals surface area contributed by atoms with E-state index in [2.05, 4.69) is 9.97 Å². The van der Waals surface area contributed by atoms with E-state index in [0.29, 0.717) is 5.16 Å². The molecule has 14 heavy (non-hydrogen) atoms. The number of nitrogens with zero attached hydrogens (tertiary/aromatic N) is 2. The molecule has 2 aromatic rings. The Hall–Kier alpha value is -1.55. The van der Waals surface area contributed by atoms with Crippen LogP contribution in [0.3, 0.4) is 0 Å². The summed E-state index contributed by atoms with van der Waals surface area (Å²) in [7, 11) is 0. The summed E-state index contributed by atoms with van der Waals surface area (Å²) in [6.07, 6.45) is 2.77. The van der Waals surface area contributed by atoms with E-state index in [4.69, 9.17) is 5.11 Å². The summed E-state index contributed by atoms with van der Waals surface area (Å²) in [5.41, 5.74) is 0. The van der Waals surface area contributed by atoms with Gasteiger partial charge in [0.1, 0.15) is 0 Å². The highest BCUT2D eigenvalue weighted by Crippen LogP contribution is 2.23. The van der Waals surface area contributed by atoms with Crippen molar-refractivity contribution in [2.24, 2.45) is 0 Å². The van der Waals surface area contributed by atoms with Gasteiger partial charge in [-0.3, -0.25) is 0 Å². The first kappa shape index (κ1) is 9.02. The van der Waals surface area contributed by atoms with Gasteiger partial charge in [0, 0.05) is 4.90 Å². The van der Waals surface area contributed by atoms with Gasteiger partial charge in [-0.2, -0.15) is 0 Å². The average Bonchev–Trinajstić information content (AvgIpc) is 2.23. The fourth-order valence-electron chi connectivity index (χ4n) is 0.956. The van der Waals surface area contributed by atoms with Crippen molar-refractivity contribution < 1.29 is 5.11 Å². The van der Waals surface area contributed by atoms with E-state index in [1.54, 1.807) is 0 Å². The molecule has 0 saturated carbocycles. The second kappa shape index (κ2) is 4.11. The Morgan fingerprint density at radius 1 is 1.00 bits per heavy atom. The normalized spacial score (nSPS) is 10.0. The Morgan fingerprint density at radius 2 is 1.64 bits per heavy atom. The zero-order valence-electron chi connectivity index (χ0n) is 7.29. The van der Waals surface area contributed by atoms with Crippen LogP contribution in [-0.4, -0.2) is 15.1 Å². The van der Waals surface area contributed by atoms with Crippen molar-refractivity contribution in [2.75, 3.05) is 0 Å². The smallest absolute Gasteiger partial charge is 0.192 e. The quantitative estimate of drug-likeness (QED) is 0.763. The molecule has 70 valence electrons. The highest BCUT2D eigenvalue weighted by molar-refractivity contribution is 7.99. The van der Waals surface area contributed by atoms with Crippen LogP contribution < -0.4 is 0 Å². The van der Waals surface area contributed by atoms with Gasteiger partial charge in [-0.15, -0.1) is 0 Å². The number of benzene rings is 1. The maximum Gasteiger partial charge on any atom is 0.192 e. The Morgan fingerprint density at radius 3 is 2.29 bits per heavy atom. The molecule has 2 rings (SSSR count). The molecule has 4 heteroatoms. The van der Waals surface area contributed by atoms with Crippen molar-refractivity contribution in [2.45, 2.75) is 10.1 Å². The van der Waals surface area contributed by atoms with Gasteiger partial charge in [0.15, 0.2) is 10.9 Å². The van der Waals surface area contributed by atoms with Crippen LogP contribution in [-0.2, 0) is 0 Å². The minimum atomic E-state index is 0.0856. The molecule has 1 heterocycles. The van der Waals surface area contributed by atoms with Crippen molar-refractivity contribution in [3.05, 3.63) is 42.7 Å². The second-order valence-corrected chi connectivity index (χ2v) is 3.68. The van der Waals surface area contributed by atoms with Crippen LogP contribution in [0.5, 0.6) is 5.75 Å². The van der Waals surface area contributed by atoms with E-state index < -0.39 is 0 Å². The van der Waals surface area contributed by atoms with Gasteiger partial charge in [0.2, 0.25) is 0 Å². The summed E-state index contributed by atoms with van der Waals surface area (Å²) in [6.45, 7) is 0. The summed E-state index contributed by atoms with van der Waals surface area (Å²) in [6, 6.07) is 9.86. The Kier molecular flexibility index (Phi) is 2.65. The van der Waals surface area contributed by atoms with E-state index in [0.717, 1.165) is 4.90 Å². The third kappa shape index (κ3) is 2.23. The first-order valence-corrected chi connectivity index (χ1v) is 4.90. The lowest BCUT2D eigenvalue weighted by atomic mass is 10.4. The standard InChI is InChI=1S/C10H8N2OS/c13-8-6-11-10(12-7-8)14-9-4-2-1-3-5-9/h1-7,13H. The fraction of sp³-hybridized carbons (Fsp3) is 0. The minimum Gasteiger partial charge on any atom is -0.505 e. The van der Waals surface area contributed by atoms with E-state index in [-0.39, 0.29) is 5.75 Å². The molecule has 0 radical (unpaired) electrons. The molecule has 0 aliphatic rings. The van der Waals surface area contributed by atoms with Crippen molar-refractivity contribution >= 4 is 11.8 Å². The highest BCUT2D eigenvalue weighted by atomic mass is 32.2. The molecule has 0 spiro atoms. The molecule has 3 nitrogen and oxygen atoms in total. The fourth-order valence-corrected chi connectivity index (χ4v) is 1.67. The molecule has 0 aliphatic carbocycles. The molecule has 1 N–H and O–H groups in total. The number of hydrogen-bond acceptors (Lipinski definition) is 4. The number of aromatic nitrogens is 2. The van der Waals surface area contributed by atoms with Crippen LogP contribution in [0.25, 0.3) is 0 Å². The first-order chi connectivity index (χ1) is 6.84. The summed E-state index contributed by atoms with van der Waals surface area (Å²) >= 11 is 1.46. The average molecular weight is 204 g/mol. The van der Waals surface area contributed by atoms with Gasteiger partial charge < -0.3 is 5.11 Å². The van der Waals surface area contributed by atoms with Gasteiger partial charge in [-0.05, 0) is 23.9 Å². The third-order valence-corrected chi connectivity index (χ3v) is 2.47. The second-order valence-electron chi connectivity index (χ2n) is 2.64. The Balaban J connectivity index is 2.16. The van der Waals surface area contributed by atoms with Crippen molar-refractivity contribution in [3.8, 4) is 5.75 Å². The molecule has 0 unspecified atom stereocenters. The number of hydrogen-bond donors (Lipinski definition) is 1. The molecule has 0 amide bonds. The predicted octanol–water partition coefficient (Wildman–Crippen LogP) is 2.33. The van der Waals surface area contributed by atoms with E-state index in [9.17, 15) is 0 Å². The van der Waals surface area contributed by atoms with Gasteiger partial charge in [-0.1, -0.05) is 18.2 Å². The topological polar surface area (TPSA) is 46.0 Å². The number of aromatic hydroxyl groups is 1. The van der Waals surface area contributed by atoms with Crippen molar-refractivity contribution in [1.29, 1.82) is 0 Å². The highest BCUT2D eigenvalue weighted by Gasteiger charge is 1.98. The Labute approximate surface area is 85.8 Å². The molecule has 0 aliphatic heterocycles. The summed E-state index contributed by atoms with van der Waals surface area (Å²) in [5.74, 6) is 0.0856. The zero-order chi connectivity index (χ0) is 9.80. The maximum atomic E-state index is 8.99. The molecule has 0 bridgehead atoms. The molecular weight excluding hydrogens is 196 g/mol. The van der Waals surface area contributed by atoms with E-state index in [1.807, 2.05) is 30.3 Å². The van der Waals surface area contributed by atoms with Crippen LogP contribution in [0.2, 0.25) is 0 Å². The molecular formula is C10H8N2OS.